The molecule has 3 aromatic carbocycles. The molecule has 0 bridgehead atoms. The van der Waals surface area contributed by atoms with E-state index in [9.17, 15) is 18.0 Å². The third kappa shape index (κ3) is 6.59. The topological polar surface area (TPSA) is 84.6 Å². The minimum atomic E-state index is -4.75. The minimum absolute atomic E-state index is 0.0179. The molecule has 2 fully saturated rings. The van der Waals surface area contributed by atoms with E-state index in [4.69, 9.17) is 0 Å². The van der Waals surface area contributed by atoms with Crippen molar-refractivity contribution < 1.29 is 22.7 Å². The monoisotopic (exact) mass is 620 g/mol. The van der Waals surface area contributed by atoms with E-state index < -0.39 is 6.36 Å². The molecule has 228 valence electrons. The summed E-state index contributed by atoms with van der Waals surface area (Å²) in [6.45, 7) is 7.31. The van der Waals surface area contributed by atoms with Gasteiger partial charge in [0.05, 0.1) is 5.69 Å². The second kappa shape index (κ2) is 12.0. The van der Waals surface area contributed by atoms with Gasteiger partial charge in [0, 0.05) is 35.5 Å². The lowest BCUT2D eigenvalue weighted by Crippen LogP contribution is -2.29. The Balaban J connectivity index is 1.07. The van der Waals surface area contributed by atoms with E-state index in [0.717, 1.165) is 40.7 Å². The predicted octanol–water partition coefficient (Wildman–Crippen LogP) is 7.44. The molecule has 0 spiro atoms. The first-order chi connectivity index (χ1) is 21.1. The number of halogens is 3. The number of nitrogens with zero attached hydrogens (tertiary/aromatic N) is 5. The maximum absolute atomic E-state index is 12.9. The minimum Gasteiger partial charge on any atom is -0.406 e. The Morgan fingerprint density at radius 3 is 2.55 bits per heavy atom. The molecule has 12 heteroatoms. The van der Waals surface area contributed by atoms with Gasteiger partial charge in [-0.25, -0.2) is 14.5 Å². The van der Waals surface area contributed by atoms with E-state index in [0.29, 0.717) is 17.4 Å². The highest BCUT2D eigenvalue weighted by Crippen LogP contribution is 2.41. The number of amidine groups is 1. The Hall–Kier alpha value is -4.32. The van der Waals surface area contributed by atoms with Gasteiger partial charge in [0.2, 0.25) is 0 Å². The SMILES string of the molecule is Cc1cccc(N2CCS/C2=N\C(=O)NC2CC2c2ccc(-c3ncn(-c4ccc(OC(F)(F)F)cc4)n3)cc2)c1C(C)C. The Morgan fingerprint density at radius 2 is 1.84 bits per heavy atom. The maximum Gasteiger partial charge on any atom is 0.573 e. The number of aryl methyl sites for hydroxylation is 1. The molecule has 44 heavy (non-hydrogen) atoms. The van der Waals surface area contributed by atoms with Crippen LogP contribution in [0.2, 0.25) is 0 Å². The van der Waals surface area contributed by atoms with Crippen molar-refractivity contribution in [1.82, 2.24) is 20.1 Å². The van der Waals surface area contributed by atoms with Crippen LogP contribution in [0.1, 0.15) is 48.8 Å². The van der Waals surface area contributed by atoms with E-state index in [2.05, 4.69) is 69.0 Å². The number of aromatic nitrogens is 3. The first kappa shape index (κ1) is 29.7. The summed E-state index contributed by atoms with van der Waals surface area (Å²) in [7, 11) is 0. The van der Waals surface area contributed by atoms with Crippen molar-refractivity contribution in [2.45, 2.75) is 51.4 Å². The summed E-state index contributed by atoms with van der Waals surface area (Å²) in [4.78, 5) is 23.9. The number of carbonyl (C=O) groups is 1. The molecule has 2 amide bonds. The number of anilines is 1. The zero-order valence-corrected chi connectivity index (χ0v) is 25.2. The van der Waals surface area contributed by atoms with Gasteiger partial charge in [-0.2, -0.15) is 4.99 Å². The molecule has 1 aliphatic carbocycles. The van der Waals surface area contributed by atoms with Gasteiger partial charge in [-0.3, -0.25) is 0 Å². The summed E-state index contributed by atoms with van der Waals surface area (Å²) in [5.74, 6) is 1.62. The molecular formula is C32H31F3N6O2S. The van der Waals surface area contributed by atoms with E-state index >= 15 is 0 Å². The number of amides is 2. The number of carbonyl (C=O) groups excluding carboxylic acids is 1. The van der Waals surface area contributed by atoms with Crippen molar-refractivity contribution in [3.05, 3.63) is 89.7 Å². The normalized spacial score (nSPS) is 19.1. The number of alkyl halides is 3. The van der Waals surface area contributed by atoms with Crippen molar-refractivity contribution in [2.24, 2.45) is 4.99 Å². The number of benzene rings is 3. The van der Waals surface area contributed by atoms with Crippen molar-refractivity contribution in [2.75, 3.05) is 17.2 Å². The van der Waals surface area contributed by atoms with Gasteiger partial charge in [0.15, 0.2) is 11.0 Å². The van der Waals surface area contributed by atoms with Crippen molar-refractivity contribution >= 4 is 28.6 Å². The molecule has 1 saturated carbocycles. The molecule has 2 unspecified atom stereocenters. The number of ether oxygens (including phenoxy) is 1. The van der Waals surface area contributed by atoms with E-state index in [1.54, 1.807) is 11.8 Å². The number of thioether (sulfide) groups is 1. The van der Waals surface area contributed by atoms with Crippen LogP contribution < -0.4 is 15.0 Å². The van der Waals surface area contributed by atoms with Crippen molar-refractivity contribution in [1.29, 1.82) is 0 Å². The molecule has 1 aliphatic heterocycles. The molecule has 2 atom stereocenters. The molecule has 1 aromatic heterocycles. The summed E-state index contributed by atoms with van der Waals surface area (Å²) in [5.41, 5.74) is 6.09. The van der Waals surface area contributed by atoms with Gasteiger partial charge < -0.3 is 15.0 Å². The number of aliphatic imine (C=N–C) groups is 1. The lowest BCUT2D eigenvalue weighted by molar-refractivity contribution is -0.274. The van der Waals surface area contributed by atoms with Crippen LogP contribution in [-0.2, 0) is 0 Å². The summed E-state index contributed by atoms with van der Waals surface area (Å²) < 4.78 is 42.7. The van der Waals surface area contributed by atoms with E-state index in [1.165, 1.54) is 46.4 Å². The first-order valence-corrected chi connectivity index (χ1v) is 15.3. The molecule has 4 aromatic rings. The van der Waals surface area contributed by atoms with Crippen LogP contribution in [0.4, 0.5) is 23.7 Å². The summed E-state index contributed by atoms with van der Waals surface area (Å²) >= 11 is 1.60. The average Bonchev–Trinajstić information content (AvgIpc) is 3.33. The number of hydrogen-bond donors (Lipinski definition) is 1. The number of rotatable bonds is 7. The standard InChI is InChI=1S/C32H31F3N6O2S/c1-19(2)28-20(3)5-4-6-27(28)40-15-16-44-31(40)38-30(42)37-26-17-25(26)21-7-9-22(10-8-21)29-36-18-41(39-29)23-11-13-24(14-12-23)43-32(33,34)35/h4-14,18-19,25-26H,15-17H2,1-3H3,(H,37,42)/b38-31-. The van der Waals surface area contributed by atoms with Crippen LogP contribution in [0.15, 0.2) is 78.0 Å². The molecule has 6 rings (SSSR count). The van der Waals surface area contributed by atoms with Crippen LogP contribution in [0, 0.1) is 6.92 Å². The van der Waals surface area contributed by atoms with Crippen LogP contribution in [-0.4, -0.2) is 50.7 Å². The lowest BCUT2D eigenvalue weighted by Gasteiger charge is -2.24. The maximum atomic E-state index is 12.9. The Kier molecular flexibility index (Phi) is 8.10. The predicted molar refractivity (Wildman–Crippen MR) is 166 cm³/mol. The molecule has 2 aliphatic rings. The van der Waals surface area contributed by atoms with Gasteiger partial charge in [0.1, 0.15) is 12.1 Å². The molecule has 8 nitrogen and oxygen atoms in total. The smallest absolute Gasteiger partial charge is 0.406 e. The average molecular weight is 621 g/mol. The van der Waals surface area contributed by atoms with Crippen molar-refractivity contribution in [3.8, 4) is 22.8 Å². The summed E-state index contributed by atoms with van der Waals surface area (Å²) in [5, 5.41) is 8.26. The third-order valence-electron chi connectivity index (χ3n) is 7.67. The van der Waals surface area contributed by atoms with Crippen molar-refractivity contribution in [3.63, 3.8) is 0 Å². The van der Waals surface area contributed by atoms with Gasteiger partial charge in [-0.1, -0.05) is 62.0 Å². The fourth-order valence-electron chi connectivity index (χ4n) is 5.57. The number of nitrogens with one attached hydrogen (secondary N) is 1. The summed E-state index contributed by atoms with van der Waals surface area (Å²) in [6.07, 6.45) is -2.41. The molecular weight excluding hydrogens is 589 g/mol. The lowest BCUT2D eigenvalue weighted by atomic mass is 9.95. The van der Waals surface area contributed by atoms with Gasteiger partial charge >= 0.3 is 12.4 Å². The fourth-order valence-corrected chi connectivity index (χ4v) is 6.52. The third-order valence-corrected chi connectivity index (χ3v) is 8.62. The molecule has 1 N–H and O–H groups in total. The van der Waals surface area contributed by atoms with Crippen LogP contribution in [0.3, 0.4) is 0 Å². The zero-order valence-electron chi connectivity index (χ0n) is 24.4. The van der Waals surface area contributed by atoms with E-state index in [1.807, 2.05) is 24.3 Å². The second-order valence-corrected chi connectivity index (χ2v) is 12.2. The number of hydrogen-bond acceptors (Lipinski definition) is 5. The van der Waals surface area contributed by atoms with Crippen LogP contribution >= 0.6 is 11.8 Å². The summed E-state index contributed by atoms with van der Waals surface area (Å²) in [6, 6.07) is 19.2. The Morgan fingerprint density at radius 1 is 1.09 bits per heavy atom. The Labute approximate surface area is 257 Å². The highest BCUT2D eigenvalue weighted by atomic mass is 32.2. The van der Waals surface area contributed by atoms with Crippen LogP contribution in [0.25, 0.3) is 17.1 Å². The second-order valence-electron chi connectivity index (χ2n) is 11.1. The Bertz CT molecular complexity index is 1690. The zero-order chi connectivity index (χ0) is 31.0. The molecule has 0 radical (unpaired) electrons. The molecule has 1 saturated heterocycles. The number of urea groups is 1. The quantitative estimate of drug-likeness (QED) is 0.231. The van der Waals surface area contributed by atoms with Gasteiger partial charge in [-0.15, -0.1) is 18.3 Å². The largest absolute Gasteiger partial charge is 0.573 e. The van der Waals surface area contributed by atoms with Gasteiger partial charge in [-0.05, 0) is 66.3 Å². The first-order valence-electron chi connectivity index (χ1n) is 14.3. The van der Waals surface area contributed by atoms with Crippen LogP contribution in [0.5, 0.6) is 5.75 Å². The molecule has 2 heterocycles. The van der Waals surface area contributed by atoms with Gasteiger partial charge in [0.25, 0.3) is 0 Å². The highest BCUT2D eigenvalue weighted by Gasteiger charge is 2.40. The fraction of sp³-hybridized carbons (Fsp3) is 0.312. The van der Waals surface area contributed by atoms with E-state index in [-0.39, 0.29) is 23.7 Å². The highest BCUT2D eigenvalue weighted by molar-refractivity contribution is 8.14.